The SMILES string of the molecule is O=C(CS(=O)(=O)Cc1ccccc1)c1ccc(F)c(F)c1. The topological polar surface area (TPSA) is 51.2 Å². The Kier molecular flexibility index (Phi) is 4.47. The zero-order valence-electron chi connectivity index (χ0n) is 10.9. The molecule has 2 aromatic rings. The Labute approximate surface area is 121 Å². The van der Waals surface area contributed by atoms with Crippen molar-refractivity contribution >= 4 is 15.6 Å². The van der Waals surface area contributed by atoms with E-state index in [9.17, 15) is 22.0 Å². The smallest absolute Gasteiger partial charge is 0.177 e. The number of carbonyl (C=O) groups is 1. The van der Waals surface area contributed by atoms with Crippen LogP contribution in [0, 0.1) is 11.6 Å². The van der Waals surface area contributed by atoms with Crippen LogP contribution < -0.4 is 0 Å². The van der Waals surface area contributed by atoms with Gasteiger partial charge in [-0.2, -0.15) is 0 Å². The van der Waals surface area contributed by atoms with E-state index in [1.54, 1.807) is 30.3 Å². The molecule has 0 aliphatic carbocycles. The molecule has 0 aliphatic rings. The molecule has 6 heteroatoms. The summed E-state index contributed by atoms with van der Waals surface area (Å²) >= 11 is 0. The first-order valence-electron chi connectivity index (χ1n) is 6.10. The van der Waals surface area contributed by atoms with Crippen molar-refractivity contribution in [1.29, 1.82) is 0 Å². The maximum Gasteiger partial charge on any atom is 0.177 e. The molecule has 21 heavy (non-hydrogen) atoms. The van der Waals surface area contributed by atoms with Crippen molar-refractivity contribution in [2.45, 2.75) is 5.75 Å². The Balaban J connectivity index is 2.12. The van der Waals surface area contributed by atoms with Crippen molar-refractivity contribution in [3.8, 4) is 0 Å². The molecule has 0 atom stereocenters. The summed E-state index contributed by atoms with van der Waals surface area (Å²) in [4.78, 5) is 11.8. The second-order valence-electron chi connectivity index (χ2n) is 4.57. The molecule has 0 saturated heterocycles. The fraction of sp³-hybridized carbons (Fsp3) is 0.133. The van der Waals surface area contributed by atoms with Crippen LogP contribution in [-0.2, 0) is 15.6 Å². The summed E-state index contributed by atoms with van der Waals surface area (Å²) in [5.41, 5.74) is 0.404. The van der Waals surface area contributed by atoms with Gasteiger partial charge < -0.3 is 0 Å². The van der Waals surface area contributed by atoms with E-state index in [0.717, 1.165) is 12.1 Å². The number of sulfone groups is 1. The van der Waals surface area contributed by atoms with E-state index in [4.69, 9.17) is 0 Å². The molecule has 0 unspecified atom stereocenters. The van der Waals surface area contributed by atoms with Gasteiger partial charge in [0, 0.05) is 5.56 Å². The lowest BCUT2D eigenvalue weighted by Gasteiger charge is -2.05. The fourth-order valence-electron chi connectivity index (χ4n) is 1.83. The maximum atomic E-state index is 13.0. The minimum absolute atomic E-state index is 0.162. The number of benzene rings is 2. The zero-order chi connectivity index (χ0) is 15.5. The maximum absolute atomic E-state index is 13.0. The van der Waals surface area contributed by atoms with Crippen molar-refractivity contribution in [1.82, 2.24) is 0 Å². The summed E-state index contributed by atoms with van der Waals surface area (Å²) in [6.45, 7) is 0. The van der Waals surface area contributed by atoms with Crippen molar-refractivity contribution in [2.75, 3.05) is 5.75 Å². The van der Waals surface area contributed by atoms with E-state index in [-0.39, 0.29) is 11.3 Å². The van der Waals surface area contributed by atoms with Crippen molar-refractivity contribution in [3.05, 3.63) is 71.3 Å². The van der Waals surface area contributed by atoms with E-state index in [1.807, 2.05) is 0 Å². The average molecular weight is 310 g/mol. The van der Waals surface area contributed by atoms with Gasteiger partial charge in [0.25, 0.3) is 0 Å². The van der Waals surface area contributed by atoms with Crippen molar-refractivity contribution in [3.63, 3.8) is 0 Å². The largest absolute Gasteiger partial charge is 0.293 e. The standard InChI is InChI=1S/C15H12F2O3S/c16-13-7-6-12(8-14(13)17)15(18)10-21(19,20)9-11-4-2-1-3-5-11/h1-8H,9-10H2. The van der Waals surface area contributed by atoms with Crippen LogP contribution in [0.25, 0.3) is 0 Å². The number of halogens is 2. The van der Waals surface area contributed by atoms with Gasteiger partial charge in [-0.25, -0.2) is 17.2 Å². The molecule has 0 radical (unpaired) electrons. The van der Waals surface area contributed by atoms with Crippen LogP contribution >= 0.6 is 0 Å². The summed E-state index contributed by atoms with van der Waals surface area (Å²) in [6.07, 6.45) is 0. The van der Waals surface area contributed by atoms with Crippen LogP contribution in [0.1, 0.15) is 15.9 Å². The minimum atomic E-state index is -3.67. The van der Waals surface area contributed by atoms with E-state index in [0.29, 0.717) is 11.6 Å². The zero-order valence-corrected chi connectivity index (χ0v) is 11.7. The number of rotatable bonds is 5. The van der Waals surface area contributed by atoms with Crippen LogP contribution in [0.4, 0.5) is 8.78 Å². The minimum Gasteiger partial charge on any atom is -0.293 e. The van der Waals surface area contributed by atoms with E-state index in [2.05, 4.69) is 0 Å². The molecule has 0 amide bonds. The lowest BCUT2D eigenvalue weighted by molar-refractivity contribution is 0.102. The highest BCUT2D eigenvalue weighted by Gasteiger charge is 2.19. The third-order valence-corrected chi connectivity index (χ3v) is 4.30. The van der Waals surface area contributed by atoms with Crippen molar-refractivity contribution < 1.29 is 22.0 Å². The molecule has 0 heterocycles. The summed E-state index contributed by atoms with van der Waals surface area (Å²) < 4.78 is 49.7. The molecule has 0 saturated carbocycles. The number of ketones is 1. The summed E-state index contributed by atoms with van der Waals surface area (Å²) in [5.74, 6) is -4.04. The summed E-state index contributed by atoms with van der Waals surface area (Å²) in [6, 6.07) is 11.0. The van der Waals surface area contributed by atoms with Crippen LogP contribution in [0.5, 0.6) is 0 Å². The first-order chi connectivity index (χ1) is 9.87. The van der Waals surface area contributed by atoms with Gasteiger partial charge in [0.1, 0.15) is 5.75 Å². The lowest BCUT2D eigenvalue weighted by atomic mass is 10.1. The molecule has 0 aromatic heterocycles. The summed E-state index contributed by atoms with van der Waals surface area (Å²) in [7, 11) is -3.67. The first kappa shape index (κ1) is 15.3. The molecule has 0 bridgehead atoms. The molecule has 3 nitrogen and oxygen atoms in total. The van der Waals surface area contributed by atoms with Crippen LogP contribution in [0.2, 0.25) is 0 Å². The average Bonchev–Trinajstić information content (AvgIpc) is 2.41. The Bertz CT molecular complexity index is 756. The molecule has 2 aromatic carbocycles. The molecule has 110 valence electrons. The van der Waals surface area contributed by atoms with Crippen molar-refractivity contribution in [2.24, 2.45) is 0 Å². The van der Waals surface area contributed by atoms with Crippen LogP contribution in [-0.4, -0.2) is 20.0 Å². The van der Waals surface area contributed by atoms with Gasteiger partial charge in [-0.3, -0.25) is 4.79 Å². The van der Waals surface area contributed by atoms with Gasteiger partial charge >= 0.3 is 0 Å². The van der Waals surface area contributed by atoms with E-state index >= 15 is 0 Å². The normalized spacial score (nSPS) is 11.3. The van der Waals surface area contributed by atoms with Gasteiger partial charge in [0.15, 0.2) is 27.3 Å². The quantitative estimate of drug-likeness (QED) is 0.798. The molecule has 0 spiro atoms. The highest BCUT2D eigenvalue weighted by molar-refractivity contribution is 7.91. The van der Waals surface area contributed by atoms with E-state index < -0.39 is 33.0 Å². The lowest BCUT2D eigenvalue weighted by Crippen LogP contribution is -2.18. The number of hydrogen-bond acceptors (Lipinski definition) is 3. The molecular formula is C15H12F2O3S. The predicted octanol–water partition coefficient (Wildman–Crippen LogP) is 2.76. The third-order valence-electron chi connectivity index (χ3n) is 2.82. The number of carbonyl (C=O) groups excluding carboxylic acids is 1. The van der Waals surface area contributed by atoms with Gasteiger partial charge in [-0.15, -0.1) is 0 Å². The summed E-state index contributed by atoms with van der Waals surface area (Å²) in [5, 5.41) is 0. The predicted molar refractivity (Wildman–Crippen MR) is 74.6 cm³/mol. The highest BCUT2D eigenvalue weighted by atomic mass is 32.2. The van der Waals surface area contributed by atoms with Gasteiger partial charge in [0.05, 0.1) is 5.75 Å². The van der Waals surface area contributed by atoms with Gasteiger partial charge in [0.2, 0.25) is 0 Å². The van der Waals surface area contributed by atoms with E-state index in [1.165, 1.54) is 0 Å². The van der Waals surface area contributed by atoms with Gasteiger partial charge in [-0.05, 0) is 23.8 Å². The second-order valence-corrected chi connectivity index (χ2v) is 6.63. The fourth-order valence-corrected chi connectivity index (χ4v) is 3.20. The second kappa shape index (κ2) is 6.13. The first-order valence-corrected chi connectivity index (χ1v) is 7.92. The monoisotopic (exact) mass is 310 g/mol. The Hall–Kier alpha value is -2.08. The van der Waals surface area contributed by atoms with Gasteiger partial charge in [-0.1, -0.05) is 30.3 Å². The van der Waals surface area contributed by atoms with Crippen LogP contribution in [0.3, 0.4) is 0 Å². The molecule has 0 N–H and O–H groups in total. The number of hydrogen-bond donors (Lipinski definition) is 0. The molecule has 0 fully saturated rings. The Morgan fingerprint density at radius 2 is 1.62 bits per heavy atom. The number of Topliss-reactive ketones (excluding diaryl/α,β-unsaturated/α-hetero) is 1. The van der Waals surface area contributed by atoms with Crippen LogP contribution in [0.15, 0.2) is 48.5 Å². The molecule has 2 rings (SSSR count). The highest BCUT2D eigenvalue weighted by Crippen LogP contribution is 2.12. The Morgan fingerprint density at radius 1 is 0.952 bits per heavy atom. The molecule has 0 aliphatic heterocycles. The molecular weight excluding hydrogens is 298 g/mol. The Morgan fingerprint density at radius 3 is 2.24 bits per heavy atom. The third kappa shape index (κ3) is 4.19.